The van der Waals surface area contributed by atoms with Gasteiger partial charge in [-0.2, -0.15) is 5.10 Å². The minimum absolute atomic E-state index is 0.784. The maximum absolute atomic E-state index is 5.57. The van der Waals surface area contributed by atoms with Crippen molar-refractivity contribution in [2.45, 2.75) is 13.5 Å². The quantitative estimate of drug-likeness (QED) is 0.791. The Morgan fingerprint density at radius 3 is 2.58 bits per heavy atom. The van der Waals surface area contributed by atoms with Crippen molar-refractivity contribution in [3.05, 3.63) is 46.2 Å². The first-order valence-corrected chi connectivity index (χ1v) is 9.25. The van der Waals surface area contributed by atoms with Crippen LogP contribution in [0.25, 0.3) is 0 Å². The third-order valence-electron chi connectivity index (χ3n) is 4.49. The Hall–Kier alpha value is -1.44. The van der Waals surface area contributed by atoms with Crippen LogP contribution in [-0.2, 0) is 13.6 Å². The lowest BCUT2D eigenvalue weighted by Gasteiger charge is -2.36. The third-order valence-corrected chi connectivity index (χ3v) is 5.62. The van der Waals surface area contributed by atoms with Crippen molar-refractivity contribution in [3.63, 3.8) is 0 Å². The van der Waals surface area contributed by atoms with Gasteiger partial charge in [-0.3, -0.25) is 9.58 Å². The molecule has 0 bridgehead atoms. The standard InChI is InChI=1S/C17H22BrN5S/c1-13-16(11-19-21(13)2)20-17(24)23-9-7-22(8-10-23)12-14-5-3-4-6-15(14)18/h3-6,11H,7-10,12H2,1-2H3,(H,20,24). The summed E-state index contributed by atoms with van der Waals surface area (Å²) in [6, 6.07) is 8.41. The summed E-state index contributed by atoms with van der Waals surface area (Å²) in [5, 5.41) is 8.35. The van der Waals surface area contributed by atoms with Crippen LogP contribution in [0.1, 0.15) is 11.3 Å². The first-order valence-electron chi connectivity index (χ1n) is 8.05. The summed E-state index contributed by atoms with van der Waals surface area (Å²) in [6.07, 6.45) is 1.82. The first-order chi connectivity index (χ1) is 11.5. The van der Waals surface area contributed by atoms with Crippen LogP contribution in [0, 0.1) is 6.92 Å². The molecular weight excluding hydrogens is 386 g/mol. The topological polar surface area (TPSA) is 36.3 Å². The molecule has 0 atom stereocenters. The molecular formula is C17H22BrN5S. The fourth-order valence-corrected chi connectivity index (χ4v) is 3.49. The van der Waals surface area contributed by atoms with Crippen LogP contribution in [0.15, 0.2) is 34.9 Å². The SMILES string of the molecule is Cc1c(NC(=S)N2CCN(Cc3ccccc3Br)CC2)cnn1C. The van der Waals surface area contributed by atoms with E-state index in [9.17, 15) is 0 Å². The van der Waals surface area contributed by atoms with Crippen LogP contribution >= 0.6 is 28.1 Å². The molecule has 5 nitrogen and oxygen atoms in total. The maximum Gasteiger partial charge on any atom is 0.173 e. The Morgan fingerprint density at radius 2 is 1.96 bits per heavy atom. The van der Waals surface area contributed by atoms with Gasteiger partial charge in [-0.15, -0.1) is 0 Å². The zero-order chi connectivity index (χ0) is 17.1. The molecule has 128 valence electrons. The molecule has 0 spiro atoms. The molecule has 1 N–H and O–H groups in total. The number of nitrogens with one attached hydrogen (secondary N) is 1. The Bertz CT molecular complexity index is 722. The minimum Gasteiger partial charge on any atom is -0.346 e. The first kappa shape index (κ1) is 17.4. The van der Waals surface area contributed by atoms with Crippen LogP contribution in [0.2, 0.25) is 0 Å². The van der Waals surface area contributed by atoms with Gasteiger partial charge < -0.3 is 10.2 Å². The lowest BCUT2D eigenvalue weighted by Crippen LogP contribution is -2.49. The smallest absolute Gasteiger partial charge is 0.173 e. The zero-order valence-electron chi connectivity index (χ0n) is 14.0. The van der Waals surface area contributed by atoms with Gasteiger partial charge in [-0.25, -0.2) is 0 Å². The monoisotopic (exact) mass is 407 g/mol. The molecule has 1 aliphatic rings. The van der Waals surface area contributed by atoms with Gasteiger partial charge in [-0.05, 0) is 30.8 Å². The van der Waals surface area contributed by atoms with E-state index in [0.29, 0.717) is 0 Å². The maximum atomic E-state index is 5.57. The van der Waals surface area contributed by atoms with Gasteiger partial charge in [0.05, 0.1) is 17.6 Å². The van der Waals surface area contributed by atoms with Gasteiger partial charge in [-0.1, -0.05) is 34.1 Å². The van der Waals surface area contributed by atoms with E-state index < -0.39 is 0 Å². The summed E-state index contributed by atoms with van der Waals surface area (Å²) in [7, 11) is 1.93. The normalized spacial score (nSPS) is 15.5. The molecule has 2 heterocycles. The van der Waals surface area contributed by atoms with Crippen molar-refractivity contribution >= 4 is 38.9 Å². The van der Waals surface area contributed by atoms with E-state index in [1.54, 1.807) is 0 Å². The van der Waals surface area contributed by atoms with Crippen molar-refractivity contribution in [2.24, 2.45) is 7.05 Å². The van der Waals surface area contributed by atoms with Crippen LogP contribution in [-0.4, -0.2) is 50.9 Å². The van der Waals surface area contributed by atoms with E-state index in [1.165, 1.54) is 10.0 Å². The van der Waals surface area contributed by atoms with Crippen molar-refractivity contribution in [2.75, 3.05) is 31.5 Å². The second-order valence-corrected chi connectivity index (χ2v) is 7.29. The molecule has 1 aromatic carbocycles. The summed E-state index contributed by atoms with van der Waals surface area (Å²) in [5.41, 5.74) is 3.40. The molecule has 0 amide bonds. The number of halogens is 1. The Labute approximate surface area is 156 Å². The number of hydrogen-bond donors (Lipinski definition) is 1. The number of hydrogen-bond acceptors (Lipinski definition) is 3. The second-order valence-electron chi connectivity index (χ2n) is 6.05. The number of aryl methyl sites for hydroxylation is 1. The molecule has 0 saturated carbocycles. The summed E-state index contributed by atoms with van der Waals surface area (Å²) < 4.78 is 3.03. The fourth-order valence-electron chi connectivity index (χ4n) is 2.79. The van der Waals surface area contributed by atoms with E-state index in [1.807, 2.05) is 24.9 Å². The number of aromatic nitrogens is 2. The van der Waals surface area contributed by atoms with Crippen molar-refractivity contribution in [1.82, 2.24) is 19.6 Å². The van der Waals surface area contributed by atoms with Gasteiger partial charge in [0.1, 0.15) is 0 Å². The molecule has 1 saturated heterocycles. The molecule has 24 heavy (non-hydrogen) atoms. The van der Waals surface area contributed by atoms with Gasteiger partial charge in [0.15, 0.2) is 5.11 Å². The van der Waals surface area contributed by atoms with Crippen molar-refractivity contribution in [1.29, 1.82) is 0 Å². The second kappa shape index (κ2) is 7.63. The van der Waals surface area contributed by atoms with Gasteiger partial charge >= 0.3 is 0 Å². The van der Waals surface area contributed by atoms with E-state index >= 15 is 0 Å². The summed E-state index contributed by atoms with van der Waals surface area (Å²) in [5.74, 6) is 0. The lowest BCUT2D eigenvalue weighted by atomic mass is 10.2. The van der Waals surface area contributed by atoms with Crippen molar-refractivity contribution in [3.8, 4) is 0 Å². The highest BCUT2D eigenvalue weighted by atomic mass is 79.9. The molecule has 2 aromatic rings. The highest BCUT2D eigenvalue weighted by molar-refractivity contribution is 9.10. The number of benzene rings is 1. The van der Waals surface area contributed by atoms with Crippen LogP contribution in [0.5, 0.6) is 0 Å². The van der Waals surface area contributed by atoms with E-state index in [2.05, 4.69) is 60.4 Å². The number of nitrogens with zero attached hydrogens (tertiary/aromatic N) is 4. The number of piperazine rings is 1. The highest BCUT2D eigenvalue weighted by Gasteiger charge is 2.20. The predicted octanol–water partition coefficient (Wildman–Crippen LogP) is 3.01. The Morgan fingerprint density at radius 1 is 1.25 bits per heavy atom. The molecule has 0 unspecified atom stereocenters. The van der Waals surface area contributed by atoms with E-state index in [0.717, 1.165) is 49.2 Å². The molecule has 3 rings (SSSR count). The third kappa shape index (κ3) is 3.96. The average Bonchev–Trinajstić information content (AvgIpc) is 2.90. The Kier molecular flexibility index (Phi) is 5.53. The number of rotatable bonds is 3. The minimum atomic E-state index is 0.784. The lowest BCUT2D eigenvalue weighted by molar-refractivity contribution is 0.176. The molecule has 1 aromatic heterocycles. The predicted molar refractivity (Wildman–Crippen MR) is 105 cm³/mol. The van der Waals surface area contributed by atoms with Gasteiger partial charge in [0.2, 0.25) is 0 Å². The van der Waals surface area contributed by atoms with Crippen LogP contribution < -0.4 is 5.32 Å². The summed E-state index contributed by atoms with van der Waals surface area (Å²) >= 11 is 9.19. The van der Waals surface area contributed by atoms with Crippen LogP contribution in [0.3, 0.4) is 0 Å². The molecule has 1 fully saturated rings. The highest BCUT2D eigenvalue weighted by Crippen LogP contribution is 2.19. The summed E-state index contributed by atoms with van der Waals surface area (Å²) in [4.78, 5) is 4.70. The zero-order valence-corrected chi connectivity index (χ0v) is 16.4. The van der Waals surface area contributed by atoms with Crippen LogP contribution in [0.4, 0.5) is 5.69 Å². The van der Waals surface area contributed by atoms with E-state index in [-0.39, 0.29) is 0 Å². The van der Waals surface area contributed by atoms with E-state index in [4.69, 9.17) is 12.2 Å². The largest absolute Gasteiger partial charge is 0.346 e. The molecule has 1 aliphatic heterocycles. The van der Waals surface area contributed by atoms with Gasteiger partial charge in [0.25, 0.3) is 0 Å². The van der Waals surface area contributed by atoms with Crippen molar-refractivity contribution < 1.29 is 0 Å². The fraction of sp³-hybridized carbons (Fsp3) is 0.412. The average molecular weight is 408 g/mol. The summed E-state index contributed by atoms with van der Waals surface area (Å²) in [6.45, 7) is 6.90. The number of anilines is 1. The molecule has 0 aliphatic carbocycles. The molecule has 0 radical (unpaired) electrons. The molecule has 7 heteroatoms. The van der Waals surface area contributed by atoms with Gasteiger partial charge in [0, 0.05) is 44.2 Å². The number of thiocarbonyl (C=S) groups is 1. The Balaban J connectivity index is 1.52.